The Kier molecular flexibility index (Phi) is 5.42. The summed E-state index contributed by atoms with van der Waals surface area (Å²) in [5.41, 5.74) is 5.04. The fourth-order valence-electron chi connectivity index (χ4n) is 3.26. The number of imidazole rings is 1. The van der Waals surface area contributed by atoms with Crippen molar-refractivity contribution in [3.8, 4) is 11.1 Å². The van der Waals surface area contributed by atoms with Gasteiger partial charge in [-0.3, -0.25) is 10.2 Å². The maximum Gasteiger partial charge on any atom is 0.203 e. The van der Waals surface area contributed by atoms with Gasteiger partial charge in [0.15, 0.2) is 5.78 Å². The SMILES string of the molecule is Br.Cn1c(=N)n(CC(=O)c2ccc(-c3ccccc3)cc2)c2ccccc21. The van der Waals surface area contributed by atoms with E-state index in [9.17, 15) is 4.79 Å². The Morgan fingerprint density at radius 1 is 0.815 bits per heavy atom. The number of para-hydroxylation sites is 2. The minimum absolute atomic E-state index is 0. The van der Waals surface area contributed by atoms with Crippen LogP contribution in [0.3, 0.4) is 0 Å². The monoisotopic (exact) mass is 421 g/mol. The summed E-state index contributed by atoms with van der Waals surface area (Å²) >= 11 is 0. The van der Waals surface area contributed by atoms with E-state index < -0.39 is 0 Å². The van der Waals surface area contributed by atoms with Gasteiger partial charge >= 0.3 is 0 Å². The van der Waals surface area contributed by atoms with Gasteiger partial charge in [0, 0.05) is 12.6 Å². The van der Waals surface area contributed by atoms with Gasteiger partial charge in [-0.1, -0.05) is 66.7 Å². The lowest BCUT2D eigenvalue weighted by molar-refractivity contribution is 0.0971. The van der Waals surface area contributed by atoms with Crippen LogP contribution in [0.2, 0.25) is 0 Å². The number of fused-ring (bicyclic) bond motifs is 1. The van der Waals surface area contributed by atoms with Crippen molar-refractivity contribution in [2.24, 2.45) is 7.05 Å². The molecule has 136 valence electrons. The van der Waals surface area contributed by atoms with Crippen molar-refractivity contribution in [1.82, 2.24) is 9.13 Å². The van der Waals surface area contributed by atoms with Gasteiger partial charge in [0.05, 0.1) is 17.6 Å². The number of aryl methyl sites for hydroxylation is 1. The molecule has 0 saturated carbocycles. The first-order chi connectivity index (χ1) is 12.6. The molecule has 1 aromatic heterocycles. The van der Waals surface area contributed by atoms with E-state index in [0.29, 0.717) is 11.2 Å². The predicted octanol–water partition coefficient (Wildman–Crippen LogP) is 4.59. The summed E-state index contributed by atoms with van der Waals surface area (Å²) in [6, 6.07) is 25.5. The van der Waals surface area contributed by atoms with Crippen molar-refractivity contribution in [1.29, 1.82) is 5.41 Å². The number of halogens is 1. The molecule has 3 aromatic carbocycles. The molecule has 4 nitrogen and oxygen atoms in total. The molecule has 27 heavy (non-hydrogen) atoms. The number of carbonyl (C=O) groups excluding carboxylic acids is 1. The molecule has 0 atom stereocenters. The summed E-state index contributed by atoms with van der Waals surface area (Å²) < 4.78 is 3.55. The van der Waals surface area contributed by atoms with Crippen LogP contribution in [0.15, 0.2) is 78.9 Å². The number of ketones is 1. The van der Waals surface area contributed by atoms with Crippen LogP contribution < -0.4 is 5.62 Å². The van der Waals surface area contributed by atoms with Crippen molar-refractivity contribution in [2.75, 3.05) is 0 Å². The average Bonchev–Trinajstić information content (AvgIpc) is 2.94. The molecule has 5 heteroatoms. The van der Waals surface area contributed by atoms with Gasteiger partial charge in [-0.15, -0.1) is 17.0 Å². The number of benzene rings is 3. The number of rotatable bonds is 4. The Bertz CT molecular complexity index is 1140. The molecular weight excluding hydrogens is 402 g/mol. The smallest absolute Gasteiger partial charge is 0.203 e. The molecule has 0 radical (unpaired) electrons. The molecule has 4 rings (SSSR count). The fourth-order valence-corrected chi connectivity index (χ4v) is 3.26. The van der Waals surface area contributed by atoms with Crippen molar-refractivity contribution < 1.29 is 4.79 Å². The van der Waals surface area contributed by atoms with Crippen LogP contribution in [-0.4, -0.2) is 14.9 Å². The maximum absolute atomic E-state index is 12.8. The number of hydrogen-bond acceptors (Lipinski definition) is 2. The van der Waals surface area contributed by atoms with Gasteiger partial charge in [0.25, 0.3) is 0 Å². The fraction of sp³-hybridized carbons (Fsp3) is 0.0909. The van der Waals surface area contributed by atoms with Gasteiger partial charge in [-0.25, -0.2) is 0 Å². The lowest BCUT2D eigenvalue weighted by Crippen LogP contribution is -2.25. The number of nitrogens with zero attached hydrogens (tertiary/aromatic N) is 2. The number of nitrogens with one attached hydrogen (secondary N) is 1. The van der Waals surface area contributed by atoms with Crippen molar-refractivity contribution in [3.63, 3.8) is 0 Å². The zero-order chi connectivity index (χ0) is 18.1. The van der Waals surface area contributed by atoms with Crippen LogP contribution in [-0.2, 0) is 13.6 Å². The minimum Gasteiger partial charge on any atom is -0.313 e. The molecule has 0 aliphatic rings. The number of aromatic nitrogens is 2. The number of Topliss-reactive ketones (excluding diaryl/α,β-unsaturated/α-hetero) is 1. The molecule has 0 aliphatic carbocycles. The summed E-state index contributed by atoms with van der Waals surface area (Å²) in [5.74, 6) is -0.000496. The Hall–Kier alpha value is -2.92. The standard InChI is InChI=1S/C22H19N3O.BrH/c1-24-19-9-5-6-10-20(19)25(22(24)23)15-21(26)18-13-11-17(12-14-18)16-7-3-2-4-8-16;/h2-14,23H,15H2,1H3;1H. The van der Waals surface area contributed by atoms with Gasteiger partial charge in [0.2, 0.25) is 5.62 Å². The highest BCUT2D eigenvalue weighted by Gasteiger charge is 2.13. The number of hydrogen-bond donors (Lipinski definition) is 1. The molecule has 1 N–H and O–H groups in total. The predicted molar refractivity (Wildman–Crippen MR) is 113 cm³/mol. The van der Waals surface area contributed by atoms with Crippen LogP contribution in [0, 0.1) is 5.41 Å². The second kappa shape index (κ2) is 7.76. The average molecular weight is 422 g/mol. The third kappa shape index (κ3) is 3.51. The van der Waals surface area contributed by atoms with Gasteiger partial charge in [-0.2, -0.15) is 0 Å². The van der Waals surface area contributed by atoms with E-state index in [1.807, 2.05) is 73.8 Å². The molecule has 0 aliphatic heterocycles. The summed E-state index contributed by atoms with van der Waals surface area (Å²) in [4.78, 5) is 12.8. The summed E-state index contributed by atoms with van der Waals surface area (Å²) in [6.45, 7) is 0.158. The highest BCUT2D eigenvalue weighted by Crippen LogP contribution is 2.20. The van der Waals surface area contributed by atoms with E-state index in [2.05, 4.69) is 12.1 Å². The lowest BCUT2D eigenvalue weighted by Gasteiger charge is -2.06. The van der Waals surface area contributed by atoms with Gasteiger partial charge in [-0.05, 0) is 23.3 Å². The first kappa shape index (κ1) is 18.9. The van der Waals surface area contributed by atoms with E-state index in [1.54, 1.807) is 9.13 Å². The second-order valence-electron chi connectivity index (χ2n) is 6.32. The Morgan fingerprint density at radius 2 is 1.37 bits per heavy atom. The highest BCUT2D eigenvalue weighted by molar-refractivity contribution is 8.93. The Labute approximate surface area is 168 Å². The Balaban J connectivity index is 0.00000210. The number of carbonyl (C=O) groups is 1. The summed E-state index contributed by atoms with van der Waals surface area (Å²) in [5, 5.41) is 8.30. The summed E-state index contributed by atoms with van der Waals surface area (Å²) in [7, 11) is 1.85. The molecule has 0 saturated heterocycles. The molecular formula is C22H20BrN3O. The topological polar surface area (TPSA) is 50.8 Å². The van der Waals surface area contributed by atoms with Crippen molar-refractivity contribution in [3.05, 3.63) is 90.0 Å². The van der Waals surface area contributed by atoms with Crippen molar-refractivity contribution in [2.45, 2.75) is 6.54 Å². The minimum atomic E-state index is -0.000496. The van der Waals surface area contributed by atoms with Crippen LogP contribution in [0.1, 0.15) is 10.4 Å². The second-order valence-corrected chi connectivity index (χ2v) is 6.32. The molecule has 0 unspecified atom stereocenters. The summed E-state index contributed by atoms with van der Waals surface area (Å²) in [6.07, 6.45) is 0. The zero-order valence-corrected chi connectivity index (χ0v) is 16.6. The van der Waals surface area contributed by atoms with Crippen LogP contribution in [0.5, 0.6) is 0 Å². The highest BCUT2D eigenvalue weighted by atomic mass is 79.9. The van der Waals surface area contributed by atoms with Crippen molar-refractivity contribution >= 4 is 33.8 Å². The van der Waals surface area contributed by atoms with E-state index in [0.717, 1.165) is 22.2 Å². The molecule has 1 heterocycles. The Morgan fingerprint density at radius 3 is 2.04 bits per heavy atom. The van der Waals surface area contributed by atoms with E-state index >= 15 is 0 Å². The third-order valence-corrected chi connectivity index (χ3v) is 4.72. The van der Waals surface area contributed by atoms with E-state index in [4.69, 9.17) is 5.41 Å². The van der Waals surface area contributed by atoms with Crippen LogP contribution in [0.4, 0.5) is 0 Å². The molecule has 0 spiro atoms. The van der Waals surface area contributed by atoms with E-state index in [-0.39, 0.29) is 29.3 Å². The molecule has 0 bridgehead atoms. The quantitative estimate of drug-likeness (QED) is 0.481. The van der Waals surface area contributed by atoms with Crippen LogP contribution >= 0.6 is 17.0 Å². The van der Waals surface area contributed by atoms with Gasteiger partial charge in [0.1, 0.15) is 0 Å². The largest absolute Gasteiger partial charge is 0.313 e. The first-order valence-electron chi connectivity index (χ1n) is 8.52. The van der Waals surface area contributed by atoms with E-state index in [1.165, 1.54) is 0 Å². The first-order valence-corrected chi connectivity index (χ1v) is 8.52. The zero-order valence-electron chi connectivity index (χ0n) is 14.9. The third-order valence-electron chi connectivity index (χ3n) is 4.72. The van der Waals surface area contributed by atoms with Gasteiger partial charge < -0.3 is 9.13 Å². The lowest BCUT2D eigenvalue weighted by atomic mass is 10.0. The maximum atomic E-state index is 12.8. The molecule has 4 aromatic rings. The molecule has 0 fully saturated rings. The normalized spacial score (nSPS) is 10.6. The van der Waals surface area contributed by atoms with Crippen LogP contribution in [0.25, 0.3) is 22.2 Å². The molecule has 0 amide bonds.